The van der Waals surface area contributed by atoms with Gasteiger partial charge in [0, 0.05) is 17.0 Å². The number of benzene rings is 3. The van der Waals surface area contributed by atoms with E-state index < -0.39 is 38.3 Å². The smallest absolute Gasteiger partial charge is 0.342 e. The molecule has 3 aromatic carbocycles. The molecule has 11 heteroatoms. The summed E-state index contributed by atoms with van der Waals surface area (Å²) in [6.07, 6.45) is 6.37. The number of hydrogen-bond donors (Lipinski definition) is 1. The Labute approximate surface area is 328 Å². The summed E-state index contributed by atoms with van der Waals surface area (Å²) < 4.78 is 69.8. The molecule has 1 saturated heterocycles. The van der Waals surface area contributed by atoms with E-state index in [1.54, 1.807) is 19.9 Å². The van der Waals surface area contributed by atoms with Crippen LogP contribution < -0.4 is 5.32 Å². The second kappa shape index (κ2) is 15.8. The molecular formula is C44H51ClF3N3O3S. The summed E-state index contributed by atoms with van der Waals surface area (Å²) in [7, 11) is -3.88. The van der Waals surface area contributed by atoms with Gasteiger partial charge in [-0.1, -0.05) is 80.3 Å². The van der Waals surface area contributed by atoms with Gasteiger partial charge in [0.25, 0.3) is 5.91 Å². The molecule has 0 spiro atoms. The van der Waals surface area contributed by atoms with Crippen molar-refractivity contribution in [2.75, 3.05) is 13.1 Å². The average molecular weight is 794 g/mol. The maximum absolute atomic E-state index is 15.0. The van der Waals surface area contributed by atoms with Crippen LogP contribution in [-0.2, 0) is 28.0 Å². The van der Waals surface area contributed by atoms with Crippen molar-refractivity contribution in [1.82, 2.24) is 15.2 Å². The molecule has 2 heterocycles. The first-order valence-electron chi connectivity index (χ1n) is 19.9. The third-order valence-corrected chi connectivity index (χ3v) is 15.0. The lowest BCUT2D eigenvalue weighted by Crippen LogP contribution is -2.38. The third-order valence-electron chi connectivity index (χ3n) is 12.4. The van der Waals surface area contributed by atoms with Crippen LogP contribution in [0.3, 0.4) is 0 Å². The van der Waals surface area contributed by atoms with Gasteiger partial charge in [-0.05, 0) is 126 Å². The molecule has 4 aromatic rings. The first kappa shape index (κ1) is 39.8. The Balaban J connectivity index is 1.39. The normalized spacial score (nSPS) is 21.3. The summed E-state index contributed by atoms with van der Waals surface area (Å²) in [6.45, 7) is 7.62. The summed E-state index contributed by atoms with van der Waals surface area (Å²) in [4.78, 5) is 22.5. The van der Waals surface area contributed by atoms with Crippen molar-refractivity contribution < 1.29 is 26.4 Å². The SMILES string of the molecule is CC(Cc1c(-c2cccc(C(F)(F)F)c2)nc2cc(Cl)c(S(=O)(=O)C(C)C)cc2c1C(=O)NC1(c2ccccc2)CC1)C1CCCC(N2CCCCC2)CC1. The number of nitrogens with one attached hydrogen (secondary N) is 1. The number of aromatic nitrogens is 1. The van der Waals surface area contributed by atoms with Crippen LogP contribution in [0.15, 0.2) is 71.6 Å². The zero-order valence-corrected chi connectivity index (χ0v) is 33.5. The molecule has 3 atom stereocenters. The maximum Gasteiger partial charge on any atom is 0.416 e. The van der Waals surface area contributed by atoms with Gasteiger partial charge in [0.2, 0.25) is 0 Å². The largest absolute Gasteiger partial charge is 0.416 e. The van der Waals surface area contributed by atoms with Crippen LogP contribution >= 0.6 is 11.6 Å². The lowest BCUT2D eigenvalue weighted by atomic mass is 9.80. The van der Waals surface area contributed by atoms with E-state index in [-0.39, 0.29) is 38.2 Å². The summed E-state index contributed by atoms with van der Waals surface area (Å²) in [5.74, 6) is -0.0204. The molecule has 2 saturated carbocycles. The van der Waals surface area contributed by atoms with Crippen molar-refractivity contribution >= 4 is 38.2 Å². The number of alkyl halides is 3. The monoisotopic (exact) mass is 793 g/mol. The zero-order chi connectivity index (χ0) is 39.1. The molecule has 294 valence electrons. The minimum atomic E-state index is -4.59. The number of halogens is 4. The fourth-order valence-electron chi connectivity index (χ4n) is 8.98. The van der Waals surface area contributed by atoms with Gasteiger partial charge in [-0.15, -0.1) is 0 Å². The average Bonchev–Trinajstić information content (AvgIpc) is 3.99. The maximum atomic E-state index is 15.0. The second-order valence-electron chi connectivity index (χ2n) is 16.4. The lowest BCUT2D eigenvalue weighted by Gasteiger charge is -2.34. The Bertz CT molecular complexity index is 2150. The van der Waals surface area contributed by atoms with Crippen molar-refractivity contribution in [2.45, 2.75) is 119 Å². The minimum Gasteiger partial charge on any atom is -0.342 e. The Morgan fingerprint density at radius 3 is 2.33 bits per heavy atom. The second-order valence-corrected chi connectivity index (χ2v) is 19.3. The molecule has 6 nitrogen and oxygen atoms in total. The van der Waals surface area contributed by atoms with Gasteiger partial charge in [-0.2, -0.15) is 13.2 Å². The molecule has 0 radical (unpaired) electrons. The number of hydrogen-bond acceptors (Lipinski definition) is 5. The predicted octanol–water partition coefficient (Wildman–Crippen LogP) is 10.8. The molecule has 1 aromatic heterocycles. The fraction of sp³-hybridized carbons (Fsp3) is 0.500. The number of carbonyl (C=O) groups is 1. The molecule has 3 unspecified atom stereocenters. The quantitative estimate of drug-likeness (QED) is 0.162. The topological polar surface area (TPSA) is 79.4 Å². The van der Waals surface area contributed by atoms with Crippen LogP contribution in [-0.4, -0.2) is 48.6 Å². The first-order chi connectivity index (χ1) is 26.2. The highest BCUT2D eigenvalue weighted by Crippen LogP contribution is 2.47. The fourth-order valence-corrected chi connectivity index (χ4v) is 10.6. The van der Waals surface area contributed by atoms with Crippen LogP contribution in [0.1, 0.15) is 112 Å². The van der Waals surface area contributed by atoms with Gasteiger partial charge in [0.05, 0.1) is 43.0 Å². The lowest BCUT2D eigenvalue weighted by molar-refractivity contribution is -0.137. The standard InChI is InChI=1S/C44H51ClF3N3O3S/c1-28(2)55(53,54)39-26-35-38(27-37(39)45)49-41(31-13-10-16-33(25-31)44(46,47)48)36(40(35)42(52)50-43(20-21-43)32-14-6-4-7-15-32)24-29(3)30-12-11-17-34(19-18-30)51-22-8-5-9-23-51/h4,6-7,10,13-16,25-30,34H,5,8-9,11-12,17-24H2,1-3H3,(H,50,52). The molecular weight excluding hydrogens is 743 g/mol. The number of amides is 1. The molecule has 3 aliphatic rings. The van der Waals surface area contributed by atoms with E-state index in [0.29, 0.717) is 29.3 Å². The summed E-state index contributed by atoms with van der Waals surface area (Å²) in [6, 6.07) is 18.2. The number of nitrogens with zero attached hydrogens (tertiary/aromatic N) is 2. The molecule has 1 aliphatic heterocycles. The number of piperidine rings is 1. The number of likely N-dealkylation sites (tertiary alicyclic amines) is 1. The summed E-state index contributed by atoms with van der Waals surface area (Å²) >= 11 is 6.68. The van der Waals surface area contributed by atoms with Crippen molar-refractivity contribution in [1.29, 1.82) is 0 Å². The predicted molar refractivity (Wildman–Crippen MR) is 213 cm³/mol. The van der Waals surface area contributed by atoms with Crippen molar-refractivity contribution in [3.63, 3.8) is 0 Å². The summed E-state index contributed by atoms with van der Waals surface area (Å²) in [5, 5.41) is 2.79. The minimum absolute atomic E-state index is 0.0548. The molecule has 3 fully saturated rings. The van der Waals surface area contributed by atoms with Gasteiger partial charge in [-0.25, -0.2) is 13.4 Å². The summed E-state index contributed by atoms with van der Waals surface area (Å²) in [5.41, 5.74) is 1.04. The Hall–Kier alpha value is -3.47. The number of sulfone groups is 1. The van der Waals surface area contributed by atoms with E-state index in [1.807, 2.05) is 30.3 Å². The Morgan fingerprint density at radius 2 is 1.65 bits per heavy atom. The van der Waals surface area contributed by atoms with Gasteiger partial charge < -0.3 is 10.2 Å². The van der Waals surface area contributed by atoms with E-state index in [1.165, 1.54) is 37.5 Å². The Kier molecular flexibility index (Phi) is 11.4. The first-order valence-corrected chi connectivity index (χ1v) is 21.8. The Morgan fingerprint density at radius 1 is 0.927 bits per heavy atom. The van der Waals surface area contributed by atoms with Crippen molar-refractivity contribution in [3.8, 4) is 11.3 Å². The number of pyridine rings is 1. The van der Waals surface area contributed by atoms with E-state index in [9.17, 15) is 21.6 Å². The van der Waals surface area contributed by atoms with Crippen LogP contribution in [0, 0.1) is 11.8 Å². The van der Waals surface area contributed by atoms with Crippen molar-refractivity contribution in [3.05, 3.63) is 94.0 Å². The molecule has 0 bridgehead atoms. The van der Waals surface area contributed by atoms with Crippen LogP contribution in [0.4, 0.5) is 13.2 Å². The van der Waals surface area contributed by atoms with E-state index in [0.717, 1.165) is 75.7 Å². The van der Waals surface area contributed by atoms with E-state index >= 15 is 4.79 Å². The highest BCUT2D eigenvalue weighted by Gasteiger charge is 2.46. The molecule has 2 aliphatic carbocycles. The van der Waals surface area contributed by atoms with Gasteiger partial charge in [-0.3, -0.25) is 4.79 Å². The van der Waals surface area contributed by atoms with E-state index in [2.05, 4.69) is 17.1 Å². The highest BCUT2D eigenvalue weighted by molar-refractivity contribution is 7.92. The molecule has 1 N–H and O–H groups in total. The van der Waals surface area contributed by atoms with Crippen LogP contribution in [0.2, 0.25) is 5.02 Å². The van der Waals surface area contributed by atoms with E-state index in [4.69, 9.17) is 16.6 Å². The van der Waals surface area contributed by atoms with Crippen LogP contribution in [0.5, 0.6) is 0 Å². The van der Waals surface area contributed by atoms with Gasteiger partial charge in [0.15, 0.2) is 9.84 Å². The van der Waals surface area contributed by atoms with Gasteiger partial charge in [0.1, 0.15) is 0 Å². The number of rotatable bonds is 10. The molecule has 1 amide bonds. The molecule has 7 rings (SSSR count). The van der Waals surface area contributed by atoms with Crippen LogP contribution in [0.25, 0.3) is 22.2 Å². The molecule has 55 heavy (non-hydrogen) atoms. The number of fused-ring (bicyclic) bond motifs is 1. The third kappa shape index (κ3) is 8.33. The number of carbonyl (C=O) groups excluding carboxylic acids is 1. The zero-order valence-electron chi connectivity index (χ0n) is 31.9. The highest BCUT2D eigenvalue weighted by atomic mass is 35.5. The van der Waals surface area contributed by atoms with Gasteiger partial charge >= 0.3 is 6.18 Å². The van der Waals surface area contributed by atoms with Crippen molar-refractivity contribution in [2.24, 2.45) is 11.8 Å².